The van der Waals surface area contributed by atoms with Crippen molar-refractivity contribution < 1.29 is 4.74 Å². The third-order valence-corrected chi connectivity index (χ3v) is 4.86. The van der Waals surface area contributed by atoms with Gasteiger partial charge in [0.2, 0.25) is 5.88 Å². The monoisotopic (exact) mass is 306 g/mol. The minimum atomic E-state index is 0.596. The molecule has 1 saturated heterocycles. The highest BCUT2D eigenvalue weighted by Gasteiger charge is 2.16. The standard InChI is InChI=1S/C17H30N4O/c1-2-6-16(7-3-1)21-12-8-17(19-21)22-15-5-4-11-20-13-9-18-10-14-20/h8,12,16,18H,1-7,9-11,13-15H2. The van der Waals surface area contributed by atoms with Crippen LogP contribution >= 0.6 is 0 Å². The number of rotatable bonds is 7. The molecule has 1 N–H and O–H groups in total. The van der Waals surface area contributed by atoms with E-state index in [1.165, 1.54) is 58.2 Å². The van der Waals surface area contributed by atoms with Crippen molar-refractivity contribution in [3.63, 3.8) is 0 Å². The van der Waals surface area contributed by atoms with Crippen LogP contribution in [0.25, 0.3) is 0 Å². The van der Waals surface area contributed by atoms with E-state index in [-0.39, 0.29) is 0 Å². The molecule has 0 bridgehead atoms. The van der Waals surface area contributed by atoms with Gasteiger partial charge in [0.25, 0.3) is 0 Å². The molecule has 5 nitrogen and oxygen atoms in total. The molecule has 2 aliphatic rings. The first-order chi connectivity index (χ1) is 10.9. The van der Waals surface area contributed by atoms with Crippen molar-refractivity contribution in [2.75, 3.05) is 39.3 Å². The van der Waals surface area contributed by atoms with Gasteiger partial charge in [0.05, 0.1) is 12.6 Å². The van der Waals surface area contributed by atoms with Crippen molar-refractivity contribution in [3.8, 4) is 5.88 Å². The number of nitrogens with zero attached hydrogens (tertiary/aromatic N) is 3. The minimum absolute atomic E-state index is 0.596. The fraction of sp³-hybridized carbons (Fsp3) is 0.824. The molecule has 2 fully saturated rings. The molecule has 0 atom stereocenters. The molecule has 5 heteroatoms. The number of nitrogens with one attached hydrogen (secondary N) is 1. The average Bonchev–Trinajstić information content (AvgIpc) is 3.05. The van der Waals surface area contributed by atoms with Gasteiger partial charge in [0.15, 0.2) is 0 Å². The van der Waals surface area contributed by atoms with E-state index in [1.807, 2.05) is 6.07 Å². The quantitative estimate of drug-likeness (QED) is 0.786. The summed E-state index contributed by atoms with van der Waals surface area (Å²) in [6.45, 7) is 6.62. The van der Waals surface area contributed by atoms with Crippen molar-refractivity contribution in [1.29, 1.82) is 0 Å². The molecule has 124 valence electrons. The van der Waals surface area contributed by atoms with E-state index in [0.29, 0.717) is 6.04 Å². The van der Waals surface area contributed by atoms with Gasteiger partial charge >= 0.3 is 0 Å². The van der Waals surface area contributed by atoms with Crippen molar-refractivity contribution in [3.05, 3.63) is 12.3 Å². The Balaban J connectivity index is 1.31. The first-order valence-corrected chi connectivity index (χ1v) is 9.03. The summed E-state index contributed by atoms with van der Waals surface area (Å²) in [4.78, 5) is 2.54. The Hall–Kier alpha value is -1.07. The zero-order chi connectivity index (χ0) is 15.0. The van der Waals surface area contributed by atoms with Gasteiger partial charge in [-0.2, -0.15) is 0 Å². The van der Waals surface area contributed by atoms with Crippen LogP contribution < -0.4 is 10.1 Å². The summed E-state index contributed by atoms with van der Waals surface area (Å²) in [5.41, 5.74) is 0. The second kappa shape index (κ2) is 8.53. The van der Waals surface area contributed by atoms with Crippen molar-refractivity contribution >= 4 is 0 Å². The van der Waals surface area contributed by atoms with Gasteiger partial charge in [-0.1, -0.05) is 19.3 Å². The molecule has 3 rings (SSSR count). The zero-order valence-corrected chi connectivity index (χ0v) is 13.7. The Bertz CT molecular complexity index is 422. The van der Waals surface area contributed by atoms with E-state index in [0.717, 1.165) is 32.0 Å². The molecule has 0 unspecified atom stereocenters. The Morgan fingerprint density at radius 1 is 1.14 bits per heavy atom. The number of hydrogen-bond donors (Lipinski definition) is 1. The Labute approximate surface area is 134 Å². The largest absolute Gasteiger partial charge is 0.477 e. The summed E-state index contributed by atoms with van der Waals surface area (Å²) in [6, 6.07) is 2.61. The van der Waals surface area contributed by atoms with Crippen molar-refractivity contribution in [2.45, 2.75) is 51.0 Å². The van der Waals surface area contributed by atoms with Crippen LogP contribution in [0, 0.1) is 0 Å². The van der Waals surface area contributed by atoms with E-state index in [1.54, 1.807) is 0 Å². The maximum Gasteiger partial charge on any atom is 0.232 e. The topological polar surface area (TPSA) is 42.3 Å². The first-order valence-electron chi connectivity index (χ1n) is 9.03. The summed E-state index contributed by atoms with van der Waals surface area (Å²) < 4.78 is 7.92. The third-order valence-electron chi connectivity index (χ3n) is 4.86. The van der Waals surface area contributed by atoms with Gasteiger partial charge in [0.1, 0.15) is 0 Å². The maximum atomic E-state index is 5.80. The summed E-state index contributed by atoms with van der Waals surface area (Å²) in [5.74, 6) is 0.799. The second-order valence-corrected chi connectivity index (χ2v) is 6.57. The van der Waals surface area contributed by atoms with Crippen molar-refractivity contribution in [2.24, 2.45) is 0 Å². The summed E-state index contributed by atoms with van der Waals surface area (Å²) in [5, 5.41) is 7.99. The molecule has 1 aliphatic carbocycles. The van der Waals surface area contributed by atoms with Gasteiger partial charge in [-0.05, 0) is 32.2 Å². The predicted molar refractivity (Wildman–Crippen MR) is 88.4 cm³/mol. The molecule has 22 heavy (non-hydrogen) atoms. The molecular formula is C17H30N4O. The van der Waals surface area contributed by atoms with Crippen LogP contribution in [0.5, 0.6) is 5.88 Å². The summed E-state index contributed by atoms with van der Waals surface area (Å²) in [6.07, 6.45) is 11.0. The van der Waals surface area contributed by atoms with Gasteiger partial charge in [-0.25, -0.2) is 0 Å². The highest BCUT2D eigenvalue weighted by Crippen LogP contribution is 2.28. The number of unbranched alkanes of at least 4 members (excludes halogenated alkanes) is 1. The molecule has 1 aliphatic heterocycles. The summed E-state index contributed by atoms with van der Waals surface area (Å²) in [7, 11) is 0. The highest BCUT2D eigenvalue weighted by atomic mass is 16.5. The van der Waals surface area contributed by atoms with Gasteiger partial charge in [0, 0.05) is 38.4 Å². The number of hydrogen-bond acceptors (Lipinski definition) is 4. The maximum absolute atomic E-state index is 5.80. The normalized spacial score (nSPS) is 21.1. The van der Waals surface area contributed by atoms with E-state index in [2.05, 4.69) is 26.2 Å². The number of aromatic nitrogens is 2. The molecular weight excluding hydrogens is 276 g/mol. The minimum Gasteiger partial charge on any atom is -0.477 e. The van der Waals surface area contributed by atoms with Crippen molar-refractivity contribution in [1.82, 2.24) is 20.0 Å². The molecule has 2 heterocycles. The lowest BCUT2D eigenvalue weighted by Crippen LogP contribution is -2.43. The second-order valence-electron chi connectivity index (χ2n) is 6.57. The molecule has 0 spiro atoms. The fourth-order valence-electron chi connectivity index (χ4n) is 3.50. The number of piperazine rings is 1. The van der Waals surface area contributed by atoms with E-state index < -0.39 is 0 Å². The lowest BCUT2D eigenvalue weighted by Gasteiger charge is -2.26. The molecule has 1 saturated carbocycles. The van der Waals surface area contributed by atoms with Crippen LogP contribution in [0.3, 0.4) is 0 Å². The smallest absolute Gasteiger partial charge is 0.232 e. The van der Waals surface area contributed by atoms with E-state index >= 15 is 0 Å². The van der Waals surface area contributed by atoms with Crippen LogP contribution in [0.2, 0.25) is 0 Å². The third kappa shape index (κ3) is 4.71. The van der Waals surface area contributed by atoms with Gasteiger partial charge < -0.3 is 15.0 Å². The van der Waals surface area contributed by atoms with Gasteiger partial charge in [-0.15, -0.1) is 5.10 Å². The Morgan fingerprint density at radius 2 is 1.95 bits per heavy atom. The average molecular weight is 306 g/mol. The molecule has 0 aromatic carbocycles. The lowest BCUT2D eigenvalue weighted by molar-refractivity contribution is 0.223. The number of ether oxygens (including phenoxy) is 1. The SMILES string of the molecule is c1cn(C2CCCCC2)nc1OCCCCN1CCNCC1. The highest BCUT2D eigenvalue weighted by molar-refractivity contribution is 5.06. The van der Waals surface area contributed by atoms with Crippen LogP contribution in [-0.4, -0.2) is 54.0 Å². The molecule has 1 aromatic heterocycles. The van der Waals surface area contributed by atoms with Crippen LogP contribution in [0.1, 0.15) is 51.0 Å². The fourth-order valence-corrected chi connectivity index (χ4v) is 3.50. The van der Waals surface area contributed by atoms with Crippen LogP contribution in [0.4, 0.5) is 0 Å². The summed E-state index contributed by atoms with van der Waals surface area (Å²) >= 11 is 0. The Morgan fingerprint density at radius 3 is 2.77 bits per heavy atom. The lowest BCUT2D eigenvalue weighted by atomic mass is 9.96. The van der Waals surface area contributed by atoms with Crippen LogP contribution in [0.15, 0.2) is 12.3 Å². The predicted octanol–water partition coefficient (Wildman–Crippen LogP) is 2.45. The zero-order valence-electron chi connectivity index (χ0n) is 13.7. The molecule has 1 aromatic rings. The first kappa shape index (κ1) is 15.8. The Kier molecular flexibility index (Phi) is 6.13. The van der Waals surface area contributed by atoms with E-state index in [9.17, 15) is 0 Å². The van der Waals surface area contributed by atoms with Crippen LogP contribution in [-0.2, 0) is 0 Å². The van der Waals surface area contributed by atoms with Gasteiger partial charge in [-0.3, -0.25) is 4.68 Å². The molecule has 0 amide bonds. The molecule has 0 radical (unpaired) electrons. The van der Waals surface area contributed by atoms with E-state index in [4.69, 9.17) is 4.74 Å².